The van der Waals surface area contributed by atoms with Crippen molar-refractivity contribution >= 4 is 11.6 Å². The molecule has 0 unspecified atom stereocenters. The molecule has 2 atom stereocenters. The summed E-state index contributed by atoms with van der Waals surface area (Å²) in [6.07, 6.45) is -2.93. The van der Waals surface area contributed by atoms with Crippen LogP contribution in [0.2, 0.25) is 0 Å². The second kappa shape index (κ2) is 1.75. The summed E-state index contributed by atoms with van der Waals surface area (Å²) in [6, 6.07) is 0. The molecule has 0 amide bonds. The molecule has 1 rings (SSSR count). The van der Waals surface area contributed by atoms with Crippen LogP contribution in [0, 0.1) is 0 Å². The standard InChI is InChI=1S/C4H2ClF5/c5-1-2(6)4(9,10)3(1,7)8/h1-2H/t1-,2-/m1/s1. The number of alkyl halides is 6. The van der Waals surface area contributed by atoms with Gasteiger partial charge >= 0.3 is 11.8 Å². The Morgan fingerprint density at radius 3 is 1.50 bits per heavy atom. The normalized spacial score (nSPS) is 42.6. The van der Waals surface area contributed by atoms with Crippen molar-refractivity contribution in [1.29, 1.82) is 0 Å². The summed E-state index contributed by atoms with van der Waals surface area (Å²) in [7, 11) is 0. The van der Waals surface area contributed by atoms with E-state index >= 15 is 0 Å². The Balaban J connectivity index is 2.82. The fourth-order valence-corrected chi connectivity index (χ4v) is 0.943. The second-order valence-electron chi connectivity index (χ2n) is 2.05. The molecule has 1 aliphatic rings. The first kappa shape index (κ1) is 8.04. The van der Waals surface area contributed by atoms with Gasteiger partial charge in [-0.25, -0.2) is 4.39 Å². The van der Waals surface area contributed by atoms with Crippen molar-refractivity contribution in [3.05, 3.63) is 0 Å². The van der Waals surface area contributed by atoms with Crippen LogP contribution in [0.25, 0.3) is 0 Å². The van der Waals surface area contributed by atoms with Crippen molar-refractivity contribution in [2.45, 2.75) is 23.4 Å². The van der Waals surface area contributed by atoms with Crippen LogP contribution < -0.4 is 0 Å². The molecular weight excluding hydrogens is 178 g/mol. The lowest BCUT2D eigenvalue weighted by molar-refractivity contribution is -0.309. The molecule has 0 aromatic rings. The number of hydrogen-bond acceptors (Lipinski definition) is 0. The molecule has 0 radical (unpaired) electrons. The van der Waals surface area contributed by atoms with Gasteiger partial charge in [-0.2, -0.15) is 17.6 Å². The molecule has 0 N–H and O–H groups in total. The lowest BCUT2D eigenvalue weighted by Crippen LogP contribution is -2.69. The molecule has 60 valence electrons. The molecule has 0 nitrogen and oxygen atoms in total. The van der Waals surface area contributed by atoms with Crippen LogP contribution in [0.5, 0.6) is 0 Å². The van der Waals surface area contributed by atoms with Crippen LogP contribution in [-0.2, 0) is 0 Å². The van der Waals surface area contributed by atoms with Gasteiger partial charge in [-0.15, -0.1) is 11.6 Å². The van der Waals surface area contributed by atoms with E-state index in [1.165, 1.54) is 0 Å². The van der Waals surface area contributed by atoms with Crippen LogP contribution in [0.3, 0.4) is 0 Å². The molecule has 0 heterocycles. The average Bonchev–Trinajstić information content (AvgIpc) is 1.84. The lowest BCUT2D eigenvalue weighted by Gasteiger charge is -2.43. The number of hydrogen-bond donors (Lipinski definition) is 0. The molecular formula is C4H2ClF5. The maximum atomic E-state index is 11.8. The first-order valence-electron chi connectivity index (χ1n) is 2.35. The highest BCUT2D eigenvalue weighted by atomic mass is 35.5. The molecule has 0 saturated heterocycles. The van der Waals surface area contributed by atoms with Crippen molar-refractivity contribution in [3.63, 3.8) is 0 Å². The van der Waals surface area contributed by atoms with Crippen molar-refractivity contribution in [2.75, 3.05) is 0 Å². The van der Waals surface area contributed by atoms with Crippen LogP contribution in [0.1, 0.15) is 0 Å². The molecule has 1 saturated carbocycles. The molecule has 0 bridgehead atoms. The monoisotopic (exact) mass is 180 g/mol. The smallest absolute Gasteiger partial charge is 0.239 e. The third-order valence-corrected chi connectivity index (χ3v) is 1.89. The summed E-state index contributed by atoms with van der Waals surface area (Å²) in [5, 5.41) is -2.39. The second-order valence-corrected chi connectivity index (χ2v) is 2.52. The molecule has 0 spiro atoms. The Kier molecular flexibility index (Phi) is 1.41. The number of rotatable bonds is 0. The van der Waals surface area contributed by atoms with E-state index < -0.39 is 23.4 Å². The van der Waals surface area contributed by atoms with Gasteiger partial charge in [-0.3, -0.25) is 0 Å². The maximum Gasteiger partial charge on any atom is 0.343 e. The molecule has 6 heteroatoms. The fourth-order valence-electron chi connectivity index (χ4n) is 0.639. The van der Waals surface area contributed by atoms with E-state index in [0.717, 1.165) is 0 Å². The van der Waals surface area contributed by atoms with Gasteiger partial charge in [0.05, 0.1) is 0 Å². The Hall–Kier alpha value is -0.0600. The average molecular weight is 181 g/mol. The van der Waals surface area contributed by atoms with E-state index in [2.05, 4.69) is 11.6 Å². The maximum absolute atomic E-state index is 11.8. The Labute approximate surface area is 58.0 Å². The summed E-state index contributed by atoms with van der Waals surface area (Å²) >= 11 is 4.57. The zero-order chi connectivity index (χ0) is 8.15. The summed E-state index contributed by atoms with van der Waals surface area (Å²) in [4.78, 5) is 0. The van der Waals surface area contributed by atoms with Crippen LogP contribution >= 0.6 is 11.6 Å². The van der Waals surface area contributed by atoms with Gasteiger partial charge < -0.3 is 0 Å². The van der Waals surface area contributed by atoms with Crippen molar-refractivity contribution in [2.24, 2.45) is 0 Å². The van der Waals surface area contributed by atoms with Gasteiger partial charge in [0.25, 0.3) is 0 Å². The minimum atomic E-state index is -4.58. The van der Waals surface area contributed by atoms with E-state index in [1.807, 2.05) is 0 Å². The molecule has 1 fully saturated rings. The van der Waals surface area contributed by atoms with E-state index in [4.69, 9.17) is 0 Å². The minimum Gasteiger partial charge on any atom is -0.239 e. The molecule has 0 aliphatic heterocycles. The quantitative estimate of drug-likeness (QED) is 0.396. The molecule has 10 heavy (non-hydrogen) atoms. The van der Waals surface area contributed by atoms with Gasteiger partial charge in [0.2, 0.25) is 0 Å². The Morgan fingerprint density at radius 1 is 1.00 bits per heavy atom. The topological polar surface area (TPSA) is 0 Å². The largest absolute Gasteiger partial charge is 0.343 e. The summed E-state index contributed by atoms with van der Waals surface area (Å²) in [5.74, 6) is -8.98. The fraction of sp³-hybridized carbons (Fsp3) is 1.00. The Morgan fingerprint density at radius 2 is 1.40 bits per heavy atom. The van der Waals surface area contributed by atoms with E-state index in [1.54, 1.807) is 0 Å². The summed E-state index contributed by atoms with van der Waals surface area (Å²) in [5.41, 5.74) is 0. The van der Waals surface area contributed by atoms with Crippen LogP contribution in [0.15, 0.2) is 0 Å². The Bertz CT molecular complexity index is 138. The first-order chi connectivity index (χ1) is 4.32. The van der Waals surface area contributed by atoms with Crippen LogP contribution in [-0.4, -0.2) is 23.4 Å². The zero-order valence-electron chi connectivity index (χ0n) is 4.42. The van der Waals surface area contributed by atoms with Crippen molar-refractivity contribution in [1.82, 2.24) is 0 Å². The lowest BCUT2D eigenvalue weighted by atomic mass is 9.86. The highest BCUT2D eigenvalue weighted by Gasteiger charge is 2.79. The van der Waals surface area contributed by atoms with Gasteiger partial charge in [0.15, 0.2) is 6.17 Å². The number of halogens is 6. The highest BCUT2D eigenvalue weighted by molar-refractivity contribution is 6.22. The molecule has 0 aromatic heterocycles. The molecule has 1 aliphatic carbocycles. The van der Waals surface area contributed by atoms with Gasteiger partial charge in [0, 0.05) is 0 Å². The zero-order valence-corrected chi connectivity index (χ0v) is 5.18. The van der Waals surface area contributed by atoms with Crippen molar-refractivity contribution < 1.29 is 22.0 Å². The van der Waals surface area contributed by atoms with Gasteiger partial charge in [-0.05, 0) is 0 Å². The van der Waals surface area contributed by atoms with E-state index in [0.29, 0.717) is 0 Å². The van der Waals surface area contributed by atoms with Gasteiger partial charge in [-0.1, -0.05) is 0 Å². The minimum absolute atomic E-state index is 2.39. The predicted octanol–water partition coefficient (Wildman–Crippen LogP) is 2.22. The third-order valence-electron chi connectivity index (χ3n) is 1.39. The predicted molar refractivity (Wildman–Crippen MR) is 24.4 cm³/mol. The summed E-state index contributed by atoms with van der Waals surface area (Å²) in [6.45, 7) is 0. The highest BCUT2D eigenvalue weighted by Crippen LogP contribution is 2.55. The van der Waals surface area contributed by atoms with E-state index in [-0.39, 0.29) is 0 Å². The van der Waals surface area contributed by atoms with Crippen molar-refractivity contribution in [3.8, 4) is 0 Å². The SMILES string of the molecule is F[C@@H]1[C@@H](Cl)C(F)(F)C1(F)F. The van der Waals surface area contributed by atoms with Crippen LogP contribution in [0.4, 0.5) is 22.0 Å². The van der Waals surface area contributed by atoms with E-state index in [9.17, 15) is 22.0 Å². The third kappa shape index (κ3) is 0.615. The summed E-state index contributed by atoms with van der Waals surface area (Å²) < 4.78 is 59.0. The first-order valence-corrected chi connectivity index (χ1v) is 2.79. The molecule has 0 aromatic carbocycles. The van der Waals surface area contributed by atoms with Gasteiger partial charge in [0.1, 0.15) is 5.38 Å².